The molecule has 25 heavy (non-hydrogen) atoms. The molecular weight excluding hydrogens is 332 g/mol. The third-order valence-corrected chi connectivity index (χ3v) is 6.86. The number of nitrogens with two attached hydrogens (primary N) is 1. The molecule has 138 valence electrons. The number of carbonyl (C=O) groups is 1. The molecule has 0 heterocycles. The van der Waals surface area contributed by atoms with Gasteiger partial charge in [-0.25, -0.2) is 0 Å². The van der Waals surface area contributed by atoms with Crippen LogP contribution in [0, 0.1) is 17.8 Å². The van der Waals surface area contributed by atoms with Crippen molar-refractivity contribution in [3.8, 4) is 0 Å². The minimum atomic E-state index is 0. The van der Waals surface area contributed by atoms with Gasteiger partial charge in [0.1, 0.15) is 0 Å². The number of amides is 1. The van der Waals surface area contributed by atoms with Gasteiger partial charge in [0, 0.05) is 23.9 Å². The van der Waals surface area contributed by atoms with Crippen LogP contribution in [0.3, 0.4) is 0 Å². The first-order valence-electron chi connectivity index (χ1n) is 9.83. The summed E-state index contributed by atoms with van der Waals surface area (Å²) in [5.41, 5.74) is 7.75. The number of hydrogen-bond donors (Lipinski definition) is 2. The van der Waals surface area contributed by atoms with E-state index in [2.05, 4.69) is 35.6 Å². The molecule has 3 N–H and O–H groups in total. The molecule has 3 aliphatic carbocycles. The summed E-state index contributed by atoms with van der Waals surface area (Å²) in [4.78, 5) is 12.9. The van der Waals surface area contributed by atoms with Crippen molar-refractivity contribution in [3.05, 3.63) is 35.9 Å². The summed E-state index contributed by atoms with van der Waals surface area (Å²) >= 11 is 0. The third kappa shape index (κ3) is 3.88. The Bertz CT molecular complexity index is 565. The first kappa shape index (κ1) is 18.7. The molecule has 0 spiro atoms. The lowest BCUT2D eigenvalue weighted by Crippen LogP contribution is -2.50. The molecule has 0 saturated heterocycles. The van der Waals surface area contributed by atoms with Crippen LogP contribution in [0.1, 0.15) is 62.8 Å². The SMILES string of the molecule is Cl.NC1C2CCCC1CC(C(=O)NC1CCCC1c1ccccc1)C2. The molecule has 1 aromatic carbocycles. The van der Waals surface area contributed by atoms with Crippen molar-refractivity contribution in [3.63, 3.8) is 0 Å². The predicted molar refractivity (Wildman–Crippen MR) is 104 cm³/mol. The van der Waals surface area contributed by atoms with Crippen LogP contribution in [0.4, 0.5) is 0 Å². The molecule has 1 aromatic rings. The molecule has 3 aliphatic rings. The topological polar surface area (TPSA) is 55.1 Å². The van der Waals surface area contributed by atoms with Gasteiger partial charge in [-0.2, -0.15) is 0 Å². The van der Waals surface area contributed by atoms with Crippen molar-refractivity contribution < 1.29 is 4.79 Å². The highest BCUT2D eigenvalue weighted by Crippen LogP contribution is 2.42. The molecule has 1 amide bonds. The van der Waals surface area contributed by atoms with Crippen LogP contribution in [0.15, 0.2) is 30.3 Å². The summed E-state index contributed by atoms with van der Waals surface area (Å²) < 4.78 is 0. The zero-order chi connectivity index (χ0) is 16.5. The van der Waals surface area contributed by atoms with Crippen LogP contribution in [0.5, 0.6) is 0 Å². The summed E-state index contributed by atoms with van der Waals surface area (Å²) in [6.45, 7) is 0. The van der Waals surface area contributed by atoms with Crippen LogP contribution in [-0.2, 0) is 4.79 Å². The largest absolute Gasteiger partial charge is 0.353 e. The molecular formula is C21H31ClN2O. The van der Waals surface area contributed by atoms with E-state index in [4.69, 9.17) is 5.73 Å². The average molecular weight is 363 g/mol. The molecule has 0 radical (unpaired) electrons. The van der Waals surface area contributed by atoms with Gasteiger partial charge in [-0.1, -0.05) is 43.2 Å². The van der Waals surface area contributed by atoms with E-state index < -0.39 is 0 Å². The van der Waals surface area contributed by atoms with E-state index >= 15 is 0 Å². The van der Waals surface area contributed by atoms with Gasteiger partial charge in [-0.3, -0.25) is 4.79 Å². The van der Waals surface area contributed by atoms with E-state index in [-0.39, 0.29) is 18.3 Å². The van der Waals surface area contributed by atoms with E-state index in [1.54, 1.807) is 0 Å². The second kappa shape index (κ2) is 8.09. The second-order valence-corrected chi connectivity index (χ2v) is 8.26. The van der Waals surface area contributed by atoms with Crippen molar-refractivity contribution in [2.24, 2.45) is 23.5 Å². The zero-order valence-electron chi connectivity index (χ0n) is 14.9. The van der Waals surface area contributed by atoms with Crippen molar-refractivity contribution >= 4 is 18.3 Å². The highest BCUT2D eigenvalue weighted by atomic mass is 35.5. The van der Waals surface area contributed by atoms with Crippen LogP contribution in [0.25, 0.3) is 0 Å². The third-order valence-electron chi connectivity index (χ3n) is 6.86. The predicted octanol–water partition coefficient (Wildman–Crippen LogP) is 4.01. The van der Waals surface area contributed by atoms with Crippen molar-refractivity contribution in [2.75, 3.05) is 0 Å². The van der Waals surface area contributed by atoms with E-state index in [0.29, 0.717) is 35.7 Å². The maximum atomic E-state index is 12.9. The van der Waals surface area contributed by atoms with Crippen molar-refractivity contribution in [1.82, 2.24) is 5.32 Å². The molecule has 4 atom stereocenters. The smallest absolute Gasteiger partial charge is 0.223 e. The quantitative estimate of drug-likeness (QED) is 0.853. The number of halogens is 1. The maximum absolute atomic E-state index is 12.9. The van der Waals surface area contributed by atoms with E-state index in [0.717, 1.165) is 19.3 Å². The normalized spacial score (nSPS) is 37.2. The lowest BCUT2D eigenvalue weighted by Gasteiger charge is -2.43. The number of rotatable bonds is 3. The standard InChI is InChI=1S/C21H30N2O.ClH/c22-20-15-8-4-9-16(20)13-17(12-15)21(24)23-19-11-5-10-18(19)14-6-2-1-3-7-14;/h1-3,6-7,15-20H,4-5,8-13,22H2,(H,23,24);1H. The molecule has 0 aromatic heterocycles. The van der Waals surface area contributed by atoms with Gasteiger partial charge in [-0.15, -0.1) is 12.4 Å². The van der Waals surface area contributed by atoms with Crippen LogP contribution in [0.2, 0.25) is 0 Å². The van der Waals surface area contributed by atoms with Crippen LogP contribution in [-0.4, -0.2) is 18.0 Å². The van der Waals surface area contributed by atoms with E-state index in [1.165, 1.54) is 37.7 Å². The van der Waals surface area contributed by atoms with E-state index in [9.17, 15) is 4.79 Å². The summed E-state index contributed by atoms with van der Waals surface area (Å²) in [7, 11) is 0. The van der Waals surface area contributed by atoms with Crippen molar-refractivity contribution in [1.29, 1.82) is 0 Å². The highest BCUT2D eigenvalue weighted by Gasteiger charge is 2.41. The number of hydrogen-bond acceptors (Lipinski definition) is 2. The monoisotopic (exact) mass is 362 g/mol. The number of nitrogens with one attached hydrogen (secondary N) is 1. The molecule has 2 bridgehead atoms. The summed E-state index contributed by atoms with van der Waals surface area (Å²) in [6.07, 6.45) is 9.27. The Balaban J connectivity index is 0.00000182. The Hall–Kier alpha value is -1.06. The Labute approximate surface area is 157 Å². The van der Waals surface area contributed by atoms with Gasteiger partial charge in [0.25, 0.3) is 0 Å². The summed E-state index contributed by atoms with van der Waals surface area (Å²) in [6, 6.07) is 11.3. The average Bonchev–Trinajstić information content (AvgIpc) is 3.03. The van der Waals surface area contributed by atoms with Crippen LogP contribution < -0.4 is 11.1 Å². The minimum absolute atomic E-state index is 0. The Morgan fingerprint density at radius 3 is 2.28 bits per heavy atom. The molecule has 4 rings (SSSR count). The second-order valence-electron chi connectivity index (χ2n) is 8.26. The molecule has 3 fully saturated rings. The first-order chi connectivity index (χ1) is 11.7. The molecule has 4 unspecified atom stereocenters. The maximum Gasteiger partial charge on any atom is 0.223 e. The molecule has 0 aliphatic heterocycles. The zero-order valence-corrected chi connectivity index (χ0v) is 15.7. The van der Waals surface area contributed by atoms with Crippen LogP contribution >= 0.6 is 12.4 Å². The highest BCUT2D eigenvalue weighted by molar-refractivity contribution is 5.85. The number of benzene rings is 1. The van der Waals surface area contributed by atoms with Gasteiger partial charge in [0.15, 0.2) is 0 Å². The fraction of sp³-hybridized carbons (Fsp3) is 0.667. The molecule has 3 nitrogen and oxygen atoms in total. The summed E-state index contributed by atoms with van der Waals surface area (Å²) in [5, 5.41) is 3.42. The van der Waals surface area contributed by atoms with Gasteiger partial charge in [-0.05, 0) is 55.9 Å². The van der Waals surface area contributed by atoms with Gasteiger partial charge < -0.3 is 11.1 Å². The lowest BCUT2D eigenvalue weighted by molar-refractivity contribution is -0.128. The lowest BCUT2D eigenvalue weighted by atomic mass is 9.65. The fourth-order valence-electron chi connectivity index (χ4n) is 5.54. The summed E-state index contributed by atoms with van der Waals surface area (Å²) in [5.74, 6) is 2.12. The minimum Gasteiger partial charge on any atom is -0.353 e. The number of fused-ring (bicyclic) bond motifs is 2. The van der Waals surface area contributed by atoms with Gasteiger partial charge in [0.2, 0.25) is 5.91 Å². The van der Waals surface area contributed by atoms with Crippen molar-refractivity contribution in [2.45, 2.75) is 69.4 Å². The Morgan fingerprint density at radius 2 is 1.60 bits per heavy atom. The molecule has 4 heteroatoms. The fourth-order valence-corrected chi connectivity index (χ4v) is 5.54. The first-order valence-corrected chi connectivity index (χ1v) is 9.83. The van der Waals surface area contributed by atoms with Gasteiger partial charge in [0.05, 0.1) is 0 Å². The van der Waals surface area contributed by atoms with E-state index in [1.807, 2.05) is 0 Å². The molecule has 3 saturated carbocycles. The Kier molecular flexibility index (Phi) is 6.06. The Morgan fingerprint density at radius 1 is 0.960 bits per heavy atom. The van der Waals surface area contributed by atoms with Gasteiger partial charge >= 0.3 is 0 Å². The number of carbonyl (C=O) groups excluding carboxylic acids is 1.